The number of phenols is 1. The first-order chi connectivity index (χ1) is 6.29. The van der Waals surface area contributed by atoms with E-state index in [1.807, 2.05) is 17.5 Å². The van der Waals surface area contributed by atoms with Gasteiger partial charge in [-0.25, -0.2) is 0 Å². The third-order valence-electron chi connectivity index (χ3n) is 1.70. The molecule has 0 saturated heterocycles. The third-order valence-corrected chi connectivity index (χ3v) is 4.37. The molecule has 0 unspecified atom stereocenters. The summed E-state index contributed by atoms with van der Waals surface area (Å²) in [6.45, 7) is 0. The van der Waals surface area contributed by atoms with Crippen LogP contribution in [0, 0.1) is 3.82 Å². The van der Waals surface area contributed by atoms with Crippen molar-refractivity contribution >= 4 is 32.9 Å². The maximum absolute atomic E-state index is 9.57. The summed E-state index contributed by atoms with van der Waals surface area (Å²) in [5, 5.41) is 11.5. The van der Waals surface area contributed by atoms with E-state index in [9.17, 15) is 5.11 Å². The summed E-state index contributed by atoms with van der Waals surface area (Å²) in [5.41, 5.74) is 1.79. The first-order valence-electron chi connectivity index (χ1n) is 3.65. The molecule has 1 heterocycles. The predicted octanol–water partition coefficient (Wildman–Crippen LogP) is 3.91. The van der Waals surface area contributed by atoms with E-state index in [2.05, 4.69) is 0 Å². The van der Waals surface area contributed by atoms with Crippen LogP contribution in [0.2, 0.25) is 0 Å². The SMILES string of the molecule is Oc1ccccc1-c1cssc1=S. The fourth-order valence-electron chi connectivity index (χ4n) is 1.08. The second-order valence-corrected chi connectivity index (χ2v) is 5.26. The van der Waals surface area contributed by atoms with E-state index in [0.717, 1.165) is 15.0 Å². The third kappa shape index (κ3) is 1.65. The average Bonchev–Trinajstić information content (AvgIpc) is 2.52. The molecule has 1 aromatic heterocycles. The maximum Gasteiger partial charge on any atom is 0.123 e. The highest BCUT2D eigenvalue weighted by Crippen LogP contribution is 2.33. The Morgan fingerprint density at radius 3 is 2.54 bits per heavy atom. The van der Waals surface area contributed by atoms with E-state index in [4.69, 9.17) is 12.2 Å². The van der Waals surface area contributed by atoms with Crippen LogP contribution in [0.15, 0.2) is 29.6 Å². The topological polar surface area (TPSA) is 20.2 Å². The van der Waals surface area contributed by atoms with Gasteiger partial charge in [0.25, 0.3) is 0 Å². The van der Waals surface area contributed by atoms with E-state index in [-0.39, 0.29) is 0 Å². The van der Waals surface area contributed by atoms with Crippen molar-refractivity contribution in [2.75, 3.05) is 0 Å². The highest BCUT2D eigenvalue weighted by atomic mass is 32.9. The van der Waals surface area contributed by atoms with Crippen molar-refractivity contribution < 1.29 is 5.11 Å². The van der Waals surface area contributed by atoms with E-state index < -0.39 is 0 Å². The van der Waals surface area contributed by atoms with Crippen LogP contribution in [0.25, 0.3) is 11.1 Å². The Kier molecular flexibility index (Phi) is 2.44. The van der Waals surface area contributed by atoms with Gasteiger partial charge in [0.2, 0.25) is 0 Å². The molecular weight excluding hydrogens is 220 g/mol. The molecule has 0 fully saturated rings. The van der Waals surface area contributed by atoms with Gasteiger partial charge < -0.3 is 5.11 Å². The smallest absolute Gasteiger partial charge is 0.123 e. The zero-order valence-corrected chi connectivity index (χ0v) is 9.01. The molecule has 0 spiro atoms. The van der Waals surface area contributed by atoms with Gasteiger partial charge in [0.05, 0.1) is 0 Å². The van der Waals surface area contributed by atoms with E-state index in [1.165, 1.54) is 0 Å². The molecule has 0 aliphatic carbocycles. The van der Waals surface area contributed by atoms with E-state index >= 15 is 0 Å². The highest BCUT2D eigenvalue weighted by Gasteiger charge is 2.05. The Bertz CT molecular complexity index is 469. The fraction of sp³-hybridized carbons (Fsp3) is 0. The van der Waals surface area contributed by atoms with Gasteiger partial charge in [-0.2, -0.15) is 0 Å². The number of para-hydroxylation sites is 1. The molecule has 0 atom stereocenters. The Hall–Kier alpha value is -0.710. The first-order valence-corrected chi connectivity index (χ1v) is 6.27. The summed E-state index contributed by atoms with van der Waals surface area (Å²) in [5.74, 6) is 0.291. The molecule has 0 aliphatic rings. The standard InChI is InChI=1S/C9H6OS3/c10-8-4-2-1-3-6(8)7-5-12-13-9(7)11/h1-5,10H. The minimum Gasteiger partial charge on any atom is -0.507 e. The molecule has 0 aliphatic heterocycles. The summed E-state index contributed by atoms with van der Waals surface area (Å²) < 4.78 is 0.839. The van der Waals surface area contributed by atoms with Crippen LogP contribution >= 0.6 is 32.9 Å². The van der Waals surface area contributed by atoms with Crippen LogP contribution < -0.4 is 0 Å². The van der Waals surface area contributed by atoms with Crippen molar-refractivity contribution in [2.24, 2.45) is 0 Å². The molecule has 2 rings (SSSR count). The van der Waals surface area contributed by atoms with Crippen LogP contribution in [-0.4, -0.2) is 5.11 Å². The van der Waals surface area contributed by atoms with Gasteiger partial charge in [-0.3, -0.25) is 0 Å². The maximum atomic E-state index is 9.57. The summed E-state index contributed by atoms with van der Waals surface area (Å²) in [7, 11) is 3.15. The first kappa shape index (κ1) is 8.87. The second kappa shape index (κ2) is 3.57. The Morgan fingerprint density at radius 2 is 1.92 bits per heavy atom. The van der Waals surface area contributed by atoms with Crippen molar-refractivity contribution in [3.05, 3.63) is 33.5 Å². The minimum atomic E-state index is 0.291. The summed E-state index contributed by atoms with van der Waals surface area (Å²) in [6, 6.07) is 7.25. The molecule has 1 nitrogen and oxygen atoms in total. The largest absolute Gasteiger partial charge is 0.507 e. The Morgan fingerprint density at radius 1 is 1.15 bits per heavy atom. The zero-order chi connectivity index (χ0) is 9.26. The molecular formula is C9H6OS3. The molecule has 4 heteroatoms. The number of hydrogen-bond acceptors (Lipinski definition) is 4. The lowest BCUT2D eigenvalue weighted by Gasteiger charge is -1.99. The van der Waals surface area contributed by atoms with Gasteiger partial charge in [0.15, 0.2) is 0 Å². The molecule has 0 saturated carbocycles. The van der Waals surface area contributed by atoms with Crippen molar-refractivity contribution in [3.63, 3.8) is 0 Å². The fourth-order valence-corrected chi connectivity index (χ4v) is 3.46. The molecule has 0 bridgehead atoms. The molecule has 1 N–H and O–H groups in total. The van der Waals surface area contributed by atoms with Gasteiger partial charge in [0, 0.05) is 16.5 Å². The summed E-state index contributed by atoms with van der Waals surface area (Å²) >= 11 is 5.14. The minimum absolute atomic E-state index is 0.291. The van der Waals surface area contributed by atoms with Crippen molar-refractivity contribution in [1.29, 1.82) is 0 Å². The molecule has 66 valence electrons. The van der Waals surface area contributed by atoms with Crippen LogP contribution in [0.1, 0.15) is 0 Å². The van der Waals surface area contributed by atoms with Crippen molar-refractivity contribution in [3.8, 4) is 16.9 Å². The average molecular weight is 226 g/mol. The quantitative estimate of drug-likeness (QED) is 0.587. The van der Waals surface area contributed by atoms with Crippen LogP contribution in [0.5, 0.6) is 5.75 Å². The molecule has 0 amide bonds. The molecule has 0 radical (unpaired) electrons. The Labute approximate surface area is 88.3 Å². The monoisotopic (exact) mass is 226 g/mol. The predicted molar refractivity (Wildman–Crippen MR) is 60.1 cm³/mol. The van der Waals surface area contributed by atoms with Crippen LogP contribution in [0.4, 0.5) is 0 Å². The van der Waals surface area contributed by atoms with Crippen LogP contribution in [-0.2, 0) is 0 Å². The molecule has 1 aromatic carbocycles. The lowest BCUT2D eigenvalue weighted by Crippen LogP contribution is -1.74. The number of aromatic hydroxyl groups is 1. The van der Waals surface area contributed by atoms with Gasteiger partial charge in [-0.1, -0.05) is 51.1 Å². The molecule has 13 heavy (non-hydrogen) atoms. The lowest BCUT2D eigenvalue weighted by molar-refractivity contribution is 0.477. The Balaban J connectivity index is 2.66. The zero-order valence-electron chi connectivity index (χ0n) is 6.56. The van der Waals surface area contributed by atoms with Gasteiger partial charge in [0.1, 0.15) is 9.57 Å². The number of hydrogen-bond donors (Lipinski definition) is 1. The summed E-state index contributed by atoms with van der Waals surface area (Å²) in [4.78, 5) is 0. The van der Waals surface area contributed by atoms with Crippen LogP contribution in [0.3, 0.4) is 0 Å². The van der Waals surface area contributed by atoms with Gasteiger partial charge in [-0.15, -0.1) is 0 Å². The van der Waals surface area contributed by atoms with Crippen molar-refractivity contribution in [1.82, 2.24) is 0 Å². The van der Waals surface area contributed by atoms with Crippen molar-refractivity contribution in [2.45, 2.75) is 0 Å². The molecule has 2 aromatic rings. The normalized spacial score (nSPS) is 10.2. The second-order valence-electron chi connectivity index (χ2n) is 2.52. The van der Waals surface area contributed by atoms with Gasteiger partial charge >= 0.3 is 0 Å². The number of rotatable bonds is 1. The highest BCUT2D eigenvalue weighted by molar-refractivity contribution is 7.79. The number of phenolic OH excluding ortho intramolecular Hbond substituents is 1. The van der Waals surface area contributed by atoms with E-state index in [1.54, 1.807) is 32.8 Å². The number of benzene rings is 1. The van der Waals surface area contributed by atoms with Gasteiger partial charge in [-0.05, 0) is 6.07 Å². The van der Waals surface area contributed by atoms with E-state index in [0.29, 0.717) is 5.75 Å². The summed E-state index contributed by atoms with van der Waals surface area (Å²) in [6.07, 6.45) is 0. The lowest BCUT2D eigenvalue weighted by atomic mass is 10.1.